The molecule has 4 heteroatoms. The summed E-state index contributed by atoms with van der Waals surface area (Å²) in [5.41, 5.74) is 1.15. The van der Waals surface area contributed by atoms with Crippen LogP contribution in [0.25, 0.3) is 0 Å². The number of benzene rings is 1. The smallest absolute Gasteiger partial charge is 0.0579 e. The van der Waals surface area contributed by atoms with Crippen LogP contribution >= 0.6 is 11.6 Å². The molecule has 20 heavy (non-hydrogen) atoms. The standard InChI is InChI=1S/C16H24ClNO2/c1-12(2)7-15(13-3-5-14(17)6-4-13)18-8-16(9-19)10-20-11-16/h3-6,12,15,18-19H,7-11H2,1-2H3. The van der Waals surface area contributed by atoms with Crippen molar-refractivity contribution in [1.29, 1.82) is 0 Å². The van der Waals surface area contributed by atoms with E-state index >= 15 is 0 Å². The van der Waals surface area contributed by atoms with Gasteiger partial charge in [-0.2, -0.15) is 0 Å². The summed E-state index contributed by atoms with van der Waals surface area (Å²) in [6.45, 7) is 6.69. The van der Waals surface area contributed by atoms with Crippen molar-refractivity contribution < 1.29 is 9.84 Å². The number of halogens is 1. The largest absolute Gasteiger partial charge is 0.396 e. The van der Waals surface area contributed by atoms with Crippen LogP contribution in [-0.2, 0) is 4.74 Å². The Morgan fingerprint density at radius 3 is 2.40 bits per heavy atom. The summed E-state index contributed by atoms with van der Waals surface area (Å²) in [7, 11) is 0. The quantitative estimate of drug-likeness (QED) is 0.813. The minimum atomic E-state index is -0.0956. The number of hydrogen-bond acceptors (Lipinski definition) is 3. The van der Waals surface area contributed by atoms with Crippen molar-refractivity contribution >= 4 is 11.6 Å². The number of hydrogen-bond donors (Lipinski definition) is 2. The third kappa shape index (κ3) is 3.95. The van der Waals surface area contributed by atoms with E-state index in [4.69, 9.17) is 16.3 Å². The zero-order valence-corrected chi connectivity index (χ0v) is 13.0. The zero-order valence-electron chi connectivity index (χ0n) is 12.2. The molecule has 2 N–H and O–H groups in total. The molecule has 1 saturated heterocycles. The lowest BCUT2D eigenvalue weighted by Crippen LogP contribution is -2.52. The summed E-state index contributed by atoms with van der Waals surface area (Å²) < 4.78 is 5.25. The summed E-state index contributed by atoms with van der Waals surface area (Å²) >= 11 is 5.96. The van der Waals surface area contributed by atoms with Crippen molar-refractivity contribution in [2.24, 2.45) is 11.3 Å². The fourth-order valence-electron chi connectivity index (χ4n) is 2.48. The molecule has 1 atom stereocenters. The van der Waals surface area contributed by atoms with Gasteiger partial charge < -0.3 is 15.2 Å². The van der Waals surface area contributed by atoms with Crippen LogP contribution in [0.3, 0.4) is 0 Å². The van der Waals surface area contributed by atoms with E-state index < -0.39 is 0 Å². The maximum absolute atomic E-state index is 9.50. The highest BCUT2D eigenvalue weighted by Crippen LogP contribution is 2.29. The molecule has 0 bridgehead atoms. The summed E-state index contributed by atoms with van der Waals surface area (Å²) in [6, 6.07) is 8.30. The second-order valence-electron chi connectivity index (χ2n) is 6.27. The van der Waals surface area contributed by atoms with Gasteiger partial charge in [-0.3, -0.25) is 0 Å². The van der Waals surface area contributed by atoms with Crippen LogP contribution in [-0.4, -0.2) is 31.5 Å². The molecule has 0 saturated carbocycles. The highest BCUT2D eigenvalue weighted by atomic mass is 35.5. The predicted molar refractivity (Wildman–Crippen MR) is 82.0 cm³/mol. The number of aliphatic hydroxyl groups excluding tert-OH is 1. The van der Waals surface area contributed by atoms with Crippen LogP contribution in [0.4, 0.5) is 0 Å². The summed E-state index contributed by atoms with van der Waals surface area (Å²) in [5, 5.41) is 13.9. The van der Waals surface area contributed by atoms with E-state index in [0.717, 1.165) is 18.0 Å². The molecule has 3 nitrogen and oxygen atoms in total. The Labute approximate surface area is 126 Å². The van der Waals surface area contributed by atoms with Crippen molar-refractivity contribution in [2.75, 3.05) is 26.4 Å². The normalized spacial score (nSPS) is 18.9. The molecule has 112 valence electrons. The van der Waals surface area contributed by atoms with E-state index in [2.05, 4.69) is 31.3 Å². The van der Waals surface area contributed by atoms with E-state index in [0.29, 0.717) is 19.1 Å². The first kappa shape index (κ1) is 15.8. The maximum atomic E-state index is 9.50. The van der Waals surface area contributed by atoms with E-state index in [1.165, 1.54) is 5.56 Å². The van der Waals surface area contributed by atoms with Crippen molar-refractivity contribution in [3.8, 4) is 0 Å². The lowest BCUT2D eigenvalue weighted by atomic mass is 9.86. The predicted octanol–water partition coefficient (Wildman–Crippen LogP) is 3.03. The first-order chi connectivity index (χ1) is 9.54. The molecule has 2 rings (SSSR count). The van der Waals surface area contributed by atoms with Gasteiger partial charge in [0, 0.05) is 17.6 Å². The average molecular weight is 298 g/mol. The Balaban J connectivity index is 2.01. The van der Waals surface area contributed by atoms with E-state index in [9.17, 15) is 5.11 Å². The molecule has 0 radical (unpaired) electrons. The Kier molecular flexibility index (Phi) is 5.44. The van der Waals surface area contributed by atoms with E-state index in [1.807, 2.05) is 12.1 Å². The fraction of sp³-hybridized carbons (Fsp3) is 0.625. The number of nitrogens with one attached hydrogen (secondary N) is 1. The van der Waals surface area contributed by atoms with Gasteiger partial charge >= 0.3 is 0 Å². The van der Waals surface area contributed by atoms with Gasteiger partial charge in [-0.25, -0.2) is 0 Å². The molecule has 1 aromatic carbocycles. The van der Waals surface area contributed by atoms with Gasteiger partial charge in [0.1, 0.15) is 0 Å². The zero-order chi connectivity index (χ0) is 14.6. The minimum absolute atomic E-state index is 0.0956. The van der Waals surface area contributed by atoms with Crippen LogP contribution in [0, 0.1) is 11.3 Å². The first-order valence-electron chi connectivity index (χ1n) is 7.22. The lowest BCUT2D eigenvalue weighted by molar-refractivity contribution is -0.135. The topological polar surface area (TPSA) is 41.5 Å². The summed E-state index contributed by atoms with van der Waals surface area (Å²) in [5.74, 6) is 0.603. The molecule has 1 aliphatic rings. The molecule has 0 aromatic heterocycles. The first-order valence-corrected chi connectivity index (χ1v) is 7.60. The van der Waals surface area contributed by atoms with Gasteiger partial charge in [-0.15, -0.1) is 0 Å². The average Bonchev–Trinajstić information content (AvgIpc) is 2.37. The highest BCUT2D eigenvalue weighted by molar-refractivity contribution is 6.30. The Morgan fingerprint density at radius 1 is 1.30 bits per heavy atom. The van der Waals surface area contributed by atoms with Gasteiger partial charge in [0.2, 0.25) is 0 Å². The SMILES string of the molecule is CC(C)CC(NCC1(CO)COC1)c1ccc(Cl)cc1. The summed E-state index contributed by atoms with van der Waals surface area (Å²) in [6.07, 6.45) is 1.06. The molecule has 1 aliphatic heterocycles. The Bertz CT molecular complexity index is 409. The molecular weight excluding hydrogens is 274 g/mol. The highest BCUT2D eigenvalue weighted by Gasteiger charge is 2.38. The van der Waals surface area contributed by atoms with Crippen LogP contribution in [0.1, 0.15) is 31.9 Å². The monoisotopic (exact) mass is 297 g/mol. The van der Waals surface area contributed by atoms with Crippen molar-refractivity contribution in [2.45, 2.75) is 26.3 Å². The third-order valence-electron chi connectivity index (χ3n) is 3.85. The Hall–Kier alpha value is -0.610. The van der Waals surface area contributed by atoms with Gasteiger partial charge in [-0.05, 0) is 30.0 Å². The van der Waals surface area contributed by atoms with Gasteiger partial charge in [0.25, 0.3) is 0 Å². The van der Waals surface area contributed by atoms with Gasteiger partial charge in [-0.1, -0.05) is 37.6 Å². The van der Waals surface area contributed by atoms with E-state index in [-0.39, 0.29) is 18.1 Å². The second kappa shape index (κ2) is 6.90. The number of ether oxygens (including phenoxy) is 1. The van der Waals surface area contributed by atoms with Crippen molar-refractivity contribution in [3.63, 3.8) is 0 Å². The van der Waals surface area contributed by atoms with E-state index in [1.54, 1.807) is 0 Å². The molecule has 0 amide bonds. The number of rotatable bonds is 7. The fourth-order valence-corrected chi connectivity index (χ4v) is 2.61. The molecule has 1 aromatic rings. The van der Waals surface area contributed by atoms with Crippen LogP contribution < -0.4 is 5.32 Å². The molecular formula is C16H24ClNO2. The van der Waals surface area contributed by atoms with Crippen LogP contribution in [0.15, 0.2) is 24.3 Å². The minimum Gasteiger partial charge on any atom is -0.396 e. The van der Waals surface area contributed by atoms with Gasteiger partial charge in [0.05, 0.1) is 25.2 Å². The lowest BCUT2D eigenvalue weighted by Gasteiger charge is -2.41. The molecule has 0 aliphatic carbocycles. The Morgan fingerprint density at radius 2 is 1.95 bits per heavy atom. The maximum Gasteiger partial charge on any atom is 0.0579 e. The molecule has 0 spiro atoms. The van der Waals surface area contributed by atoms with Crippen LogP contribution in [0.5, 0.6) is 0 Å². The van der Waals surface area contributed by atoms with Crippen LogP contribution in [0.2, 0.25) is 5.02 Å². The third-order valence-corrected chi connectivity index (χ3v) is 4.11. The molecule has 1 fully saturated rings. The number of aliphatic hydroxyl groups is 1. The second-order valence-corrected chi connectivity index (χ2v) is 6.70. The molecule has 1 unspecified atom stereocenters. The summed E-state index contributed by atoms with van der Waals surface area (Å²) in [4.78, 5) is 0. The van der Waals surface area contributed by atoms with Crippen molar-refractivity contribution in [1.82, 2.24) is 5.32 Å². The van der Waals surface area contributed by atoms with Gasteiger partial charge in [0.15, 0.2) is 0 Å². The van der Waals surface area contributed by atoms with Crippen molar-refractivity contribution in [3.05, 3.63) is 34.9 Å². The molecule has 1 heterocycles.